The molecule has 0 aliphatic carbocycles. The van der Waals surface area contributed by atoms with E-state index in [1.165, 1.54) is 26.3 Å². The molecule has 0 saturated carbocycles. The maximum Gasteiger partial charge on any atom is 0.414 e. The average Bonchev–Trinajstić information content (AvgIpc) is 3.89. The lowest BCUT2D eigenvalue weighted by Gasteiger charge is -2.25. The van der Waals surface area contributed by atoms with Gasteiger partial charge in [-0.3, -0.25) is 14.5 Å². The van der Waals surface area contributed by atoms with Crippen LogP contribution < -0.4 is 41.0 Å². The van der Waals surface area contributed by atoms with Gasteiger partial charge in [-0.1, -0.05) is 12.1 Å². The Bertz CT molecular complexity index is 2660. The standard InChI is InChI=1S/C24H30N6O5.C19H22N6O3/c1-14-15-7-8-19(33-6)16(11-15)27-20-12-17(29(5)23(32)35-24(2,3)4)21-26-13-18(30(21)28-20)22(31)25-9-10-34-14;1-11-12-4-5-16(27-3)13(8-12)23-17-9-14(20-2)18-22-10-15(25(18)24-17)19(26)21-6-7-28-11/h7-8,11-14H,9-10H2,1-6H3,(H,25,31)(H,27,28);4-5,8-11,20H,6-7H2,1-3H3,(H,21,26)(H,23,24). The maximum absolute atomic E-state index is 12.9. The fraction of sp³-hybridized carbons (Fsp3) is 0.372. The summed E-state index contributed by atoms with van der Waals surface area (Å²) in [6.07, 6.45) is 2.02. The predicted octanol–water partition coefficient (Wildman–Crippen LogP) is 6.02. The molecule has 3 amide bonds. The number of fused-ring (bicyclic) bond motifs is 6. The summed E-state index contributed by atoms with van der Waals surface area (Å²) in [5, 5.41) is 24.5. The van der Waals surface area contributed by atoms with Crippen molar-refractivity contribution >= 4 is 63.6 Å². The molecular weight excluding hydrogens is 813 g/mol. The second-order valence-corrected chi connectivity index (χ2v) is 15.6. The van der Waals surface area contributed by atoms with E-state index in [2.05, 4.69) is 46.7 Å². The number of carbonyl (C=O) groups excluding carboxylic acids is 3. The second-order valence-electron chi connectivity index (χ2n) is 15.6. The Hall–Kier alpha value is -7.19. The zero-order valence-corrected chi connectivity index (χ0v) is 36.7. The number of nitrogens with zero attached hydrogens (tertiary/aromatic N) is 7. The second kappa shape index (κ2) is 18.4. The van der Waals surface area contributed by atoms with Crippen molar-refractivity contribution in [2.75, 3.05) is 75.5 Å². The minimum atomic E-state index is -0.684. The van der Waals surface area contributed by atoms with Crippen molar-refractivity contribution < 1.29 is 38.1 Å². The summed E-state index contributed by atoms with van der Waals surface area (Å²) in [4.78, 5) is 48.4. The van der Waals surface area contributed by atoms with E-state index in [1.54, 1.807) is 55.2 Å². The van der Waals surface area contributed by atoms with Crippen LogP contribution in [0.25, 0.3) is 11.3 Å². The Kier molecular flexibility index (Phi) is 12.8. The molecular formula is C43H52N12O8. The zero-order chi connectivity index (χ0) is 45.0. The highest BCUT2D eigenvalue weighted by atomic mass is 16.6. The van der Waals surface area contributed by atoms with Gasteiger partial charge in [0, 0.05) is 39.3 Å². The lowest BCUT2D eigenvalue weighted by molar-refractivity contribution is 0.0589. The van der Waals surface area contributed by atoms with Crippen LogP contribution in [0, 0.1) is 0 Å². The number of nitrogens with one attached hydrogen (secondary N) is 5. The quantitative estimate of drug-likeness (QED) is 0.137. The molecule has 2 aliphatic heterocycles. The van der Waals surface area contributed by atoms with Crippen LogP contribution in [0.5, 0.6) is 11.5 Å². The van der Waals surface area contributed by atoms with Gasteiger partial charge in [-0.2, -0.15) is 0 Å². The Labute approximate surface area is 363 Å². The highest BCUT2D eigenvalue weighted by Crippen LogP contribution is 2.35. The van der Waals surface area contributed by atoms with E-state index in [9.17, 15) is 14.4 Å². The molecule has 332 valence electrons. The van der Waals surface area contributed by atoms with Gasteiger partial charge in [-0.25, -0.2) is 23.8 Å². The van der Waals surface area contributed by atoms with Crippen LogP contribution in [0.1, 0.15) is 78.9 Å². The summed E-state index contributed by atoms with van der Waals surface area (Å²) in [5.41, 5.74) is 5.25. The highest BCUT2D eigenvalue weighted by Gasteiger charge is 2.26. The van der Waals surface area contributed by atoms with Gasteiger partial charge < -0.3 is 50.3 Å². The molecule has 8 rings (SSSR count). The van der Waals surface area contributed by atoms with Crippen molar-refractivity contribution in [3.63, 3.8) is 0 Å². The third-order valence-electron chi connectivity index (χ3n) is 10.1. The molecule has 6 heterocycles. The van der Waals surface area contributed by atoms with Gasteiger partial charge in [-0.05, 0) is 70.0 Å². The van der Waals surface area contributed by atoms with Crippen molar-refractivity contribution in [2.24, 2.45) is 0 Å². The predicted molar refractivity (Wildman–Crippen MR) is 236 cm³/mol. The van der Waals surface area contributed by atoms with Gasteiger partial charge in [0.25, 0.3) is 11.8 Å². The topological polar surface area (TPSA) is 221 Å². The van der Waals surface area contributed by atoms with Gasteiger partial charge in [0.05, 0.1) is 74.8 Å². The minimum absolute atomic E-state index is 0.139. The van der Waals surface area contributed by atoms with Gasteiger partial charge in [-0.15, -0.1) is 10.2 Å². The number of carbonyl (C=O) groups is 3. The molecule has 2 unspecified atom stereocenters. The van der Waals surface area contributed by atoms with E-state index in [4.69, 9.17) is 23.7 Å². The number of ether oxygens (including phenoxy) is 5. The van der Waals surface area contributed by atoms with Crippen LogP contribution in [0.4, 0.5) is 39.2 Å². The Balaban J connectivity index is 0.000000193. The van der Waals surface area contributed by atoms with Crippen molar-refractivity contribution in [3.8, 4) is 11.5 Å². The summed E-state index contributed by atoms with van der Waals surface area (Å²) in [7, 11) is 6.58. The Morgan fingerprint density at radius 2 is 1.27 bits per heavy atom. The number of benzene rings is 2. The first-order chi connectivity index (χ1) is 30.2. The Morgan fingerprint density at radius 3 is 1.76 bits per heavy atom. The number of rotatable bonds is 4. The van der Waals surface area contributed by atoms with E-state index in [0.717, 1.165) is 22.5 Å². The van der Waals surface area contributed by atoms with E-state index in [-0.39, 0.29) is 29.7 Å². The molecule has 0 saturated heterocycles. The molecule has 63 heavy (non-hydrogen) atoms. The van der Waals surface area contributed by atoms with E-state index in [0.29, 0.717) is 77.8 Å². The third-order valence-corrected chi connectivity index (χ3v) is 10.1. The van der Waals surface area contributed by atoms with Gasteiger partial charge in [0.2, 0.25) is 0 Å². The van der Waals surface area contributed by atoms with E-state index >= 15 is 0 Å². The minimum Gasteiger partial charge on any atom is -0.495 e. The molecule has 2 aliphatic rings. The average molecular weight is 865 g/mol. The summed E-state index contributed by atoms with van der Waals surface area (Å²) >= 11 is 0. The van der Waals surface area contributed by atoms with Crippen LogP contribution in [-0.2, 0) is 14.2 Å². The van der Waals surface area contributed by atoms with Gasteiger partial charge in [0.15, 0.2) is 34.3 Å². The lowest BCUT2D eigenvalue weighted by Crippen LogP contribution is -2.34. The molecule has 0 radical (unpaired) electrons. The molecule has 2 aromatic carbocycles. The first kappa shape index (κ1) is 43.9. The van der Waals surface area contributed by atoms with E-state index < -0.39 is 11.7 Å². The van der Waals surface area contributed by atoms with Crippen molar-refractivity contribution in [3.05, 3.63) is 83.4 Å². The van der Waals surface area contributed by atoms with Crippen molar-refractivity contribution in [1.82, 2.24) is 39.8 Å². The molecule has 6 aromatic rings. The largest absolute Gasteiger partial charge is 0.495 e. The van der Waals surface area contributed by atoms with Crippen LogP contribution >= 0.6 is 0 Å². The normalized spacial score (nSPS) is 16.6. The third kappa shape index (κ3) is 9.66. The number of anilines is 6. The molecule has 20 heteroatoms. The van der Waals surface area contributed by atoms with Crippen molar-refractivity contribution in [1.29, 1.82) is 0 Å². The highest BCUT2D eigenvalue weighted by molar-refractivity contribution is 5.97. The van der Waals surface area contributed by atoms with Crippen LogP contribution in [0.15, 0.2) is 60.9 Å². The first-order valence-corrected chi connectivity index (χ1v) is 20.3. The fourth-order valence-electron chi connectivity index (χ4n) is 6.81. The van der Waals surface area contributed by atoms with Crippen LogP contribution in [0.3, 0.4) is 0 Å². The van der Waals surface area contributed by atoms with Crippen LogP contribution in [0.2, 0.25) is 0 Å². The Morgan fingerprint density at radius 1 is 0.778 bits per heavy atom. The number of aromatic nitrogens is 6. The van der Waals surface area contributed by atoms with Gasteiger partial charge >= 0.3 is 6.09 Å². The van der Waals surface area contributed by atoms with Crippen LogP contribution in [-0.4, -0.2) is 107 Å². The fourth-order valence-corrected chi connectivity index (χ4v) is 6.81. The van der Waals surface area contributed by atoms with Gasteiger partial charge in [0.1, 0.15) is 17.1 Å². The number of hydrogen-bond acceptors (Lipinski definition) is 15. The first-order valence-electron chi connectivity index (χ1n) is 20.3. The number of amides is 3. The molecule has 0 spiro atoms. The zero-order valence-electron chi connectivity index (χ0n) is 36.7. The molecule has 2 atom stereocenters. The smallest absolute Gasteiger partial charge is 0.414 e. The molecule has 8 bridgehead atoms. The van der Waals surface area contributed by atoms with Crippen molar-refractivity contribution in [2.45, 2.75) is 52.4 Å². The summed E-state index contributed by atoms with van der Waals surface area (Å²) in [6, 6.07) is 15.0. The lowest BCUT2D eigenvalue weighted by atomic mass is 10.1. The molecule has 20 nitrogen and oxygen atoms in total. The SMILES string of the molecule is CNc1cc2nn3c(cnc13)C(=O)NCCOC(C)c1ccc(OC)c(c1)N2.COc1ccc2cc1Nc1cc(N(C)C(=O)OC(C)(C)C)c3ncc(n3n1)C(=O)NCCOC2C. The number of hydrogen-bond donors (Lipinski definition) is 5. The number of imidazole rings is 2. The summed E-state index contributed by atoms with van der Waals surface area (Å²) in [6.45, 7) is 10.7. The molecule has 4 aromatic heterocycles. The number of methoxy groups -OCH3 is 2. The molecule has 0 fully saturated rings. The monoisotopic (exact) mass is 864 g/mol. The molecule has 5 N–H and O–H groups in total. The maximum atomic E-state index is 12.9. The summed E-state index contributed by atoms with van der Waals surface area (Å²) in [5.74, 6) is 1.57. The van der Waals surface area contributed by atoms with E-state index in [1.807, 2.05) is 56.3 Å². The summed E-state index contributed by atoms with van der Waals surface area (Å²) < 4.78 is 31.2.